The lowest BCUT2D eigenvalue weighted by Crippen LogP contribution is -2.11. The van der Waals surface area contributed by atoms with E-state index in [0.717, 1.165) is 0 Å². The van der Waals surface area contributed by atoms with Gasteiger partial charge >= 0.3 is 0 Å². The largest absolute Gasteiger partial charge is 0.365 e. The highest BCUT2D eigenvalue weighted by atomic mass is 35.5. The van der Waals surface area contributed by atoms with Crippen molar-refractivity contribution in [2.24, 2.45) is 0 Å². The molecule has 1 amide bonds. The Morgan fingerprint density at radius 1 is 1.36 bits per heavy atom. The van der Waals surface area contributed by atoms with Crippen molar-refractivity contribution in [1.29, 1.82) is 0 Å². The third kappa shape index (κ3) is 2.92. The Morgan fingerprint density at radius 2 is 2.18 bits per heavy atom. The van der Waals surface area contributed by atoms with Crippen molar-refractivity contribution in [3.63, 3.8) is 0 Å². The summed E-state index contributed by atoms with van der Waals surface area (Å²) < 4.78 is 0. The van der Waals surface area contributed by atoms with Gasteiger partial charge in [0.15, 0.2) is 11.0 Å². The zero-order valence-corrected chi connectivity index (χ0v) is 13.0. The minimum Gasteiger partial charge on any atom is -0.365 e. The van der Waals surface area contributed by atoms with E-state index in [-0.39, 0.29) is 11.9 Å². The van der Waals surface area contributed by atoms with Gasteiger partial charge in [-0.1, -0.05) is 35.1 Å². The van der Waals surface area contributed by atoms with E-state index in [1.807, 2.05) is 18.2 Å². The molecule has 0 spiro atoms. The number of H-pyrrole nitrogens is 1. The fourth-order valence-electron chi connectivity index (χ4n) is 1.75. The number of aromatic nitrogens is 4. The summed E-state index contributed by atoms with van der Waals surface area (Å²) in [4.78, 5) is 20.8. The van der Waals surface area contributed by atoms with E-state index in [4.69, 9.17) is 11.6 Å². The summed E-state index contributed by atoms with van der Waals surface area (Å²) in [7, 11) is 1.74. The maximum Gasteiger partial charge on any atom is 0.269 e. The molecular weight excluding hydrogens is 324 g/mol. The number of halogens is 1. The highest BCUT2D eigenvalue weighted by Gasteiger charge is 2.14. The Labute approximate surface area is 134 Å². The highest BCUT2D eigenvalue weighted by Crippen LogP contribution is 2.25. The first-order chi connectivity index (χ1) is 10.7. The number of anilines is 2. The number of hydrogen-bond donors (Lipinski definition) is 3. The smallest absolute Gasteiger partial charge is 0.269 e. The number of rotatable bonds is 4. The average Bonchev–Trinajstić information content (AvgIpc) is 3.16. The molecule has 2 aromatic heterocycles. The maximum atomic E-state index is 12.1. The van der Waals surface area contributed by atoms with Crippen LogP contribution in [0.3, 0.4) is 0 Å². The van der Waals surface area contributed by atoms with Crippen LogP contribution in [0.5, 0.6) is 0 Å². The molecular formula is C13H11ClN6OS. The Balaban J connectivity index is 1.77. The molecule has 3 rings (SSSR count). The van der Waals surface area contributed by atoms with Crippen molar-refractivity contribution in [3.8, 4) is 11.4 Å². The number of nitrogens with zero attached hydrogens (tertiary/aromatic N) is 3. The molecule has 0 aliphatic rings. The van der Waals surface area contributed by atoms with Crippen molar-refractivity contribution < 1.29 is 4.79 Å². The van der Waals surface area contributed by atoms with Crippen LogP contribution in [0, 0.1) is 0 Å². The highest BCUT2D eigenvalue weighted by molar-refractivity contribution is 7.17. The Kier molecular flexibility index (Phi) is 4.03. The second-order valence-corrected chi connectivity index (χ2v) is 5.66. The lowest BCUT2D eigenvalue weighted by atomic mass is 10.2. The van der Waals surface area contributed by atoms with Crippen LogP contribution in [0.1, 0.15) is 9.67 Å². The van der Waals surface area contributed by atoms with E-state index in [1.165, 1.54) is 17.5 Å². The van der Waals surface area contributed by atoms with Crippen LogP contribution < -0.4 is 10.6 Å². The molecule has 0 unspecified atom stereocenters. The van der Waals surface area contributed by atoms with Crippen molar-refractivity contribution in [1.82, 2.24) is 20.2 Å². The second kappa shape index (κ2) is 6.12. The summed E-state index contributed by atoms with van der Waals surface area (Å²) >= 11 is 7.34. The Hall–Kier alpha value is -2.45. The van der Waals surface area contributed by atoms with Crippen LogP contribution >= 0.6 is 22.9 Å². The summed E-state index contributed by atoms with van der Waals surface area (Å²) in [6.45, 7) is 0. The van der Waals surface area contributed by atoms with Crippen LogP contribution in [0.2, 0.25) is 5.02 Å². The molecule has 3 aromatic rings. The zero-order chi connectivity index (χ0) is 15.5. The number of hydrogen-bond acceptors (Lipinski definition) is 6. The molecule has 3 N–H and O–H groups in total. The van der Waals surface area contributed by atoms with Crippen molar-refractivity contribution >= 4 is 39.9 Å². The van der Waals surface area contributed by atoms with E-state index in [9.17, 15) is 4.79 Å². The summed E-state index contributed by atoms with van der Waals surface area (Å²) in [5, 5.41) is 13.4. The molecule has 9 heteroatoms. The first-order valence-corrected chi connectivity index (χ1v) is 7.49. The average molecular weight is 335 g/mol. The third-order valence-corrected chi connectivity index (χ3v) is 4.13. The molecule has 22 heavy (non-hydrogen) atoms. The predicted molar refractivity (Wildman–Crippen MR) is 86.4 cm³/mol. The molecule has 0 bridgehead atoms. The topological polar surface area (TPSA) is 95.6 Å². The van der Waals surface area contributed by atoms with Gasteiger partial charge in [-0.05, 0) is 12.1 Å². The summed E-state index contributed by atoms with van der Waals surface area (Å²) in [5.74, 6) is 0.351. The standard InChI is InChI=1S/C13H11ClN6OS/c1-15-13-16-6-9(22-13)11(21)18-12-17-10(19-20-12)7-4-2-3-5-8(7)14/h2-6H,1H3,(H,15,16)(H2,17,18,19,20,21). The number of carbonyl (C=O) groups is 1. The minimum absolute atomic E-state index is 0.180. The molecule has 0 aliphatic carbocycles. The van der Waals surface area contributed by atoms with Gasteiger partial charge in [0, 0.05) is 12.6 Å². The normalized spacial score (nSPS) is 10.5. The van der Waals surface area contributed by atoms with Gasteiger partial charge in [0.1, 0.15) is 4.88 Å². The number of thiazole rings is 1. The minimum atomic E-state index is -0.316. The van der Waals surface area contributed by atoms with Gasteiger partial charge in [0.05, 0.1) is 11.2 Å². The van der Waals surface area contributed by atoms with Crippen LogP contribution in [-0.4, -0.2) is 33.1 Å². The van der Waals surface area contributed by atoms with Gasteiger partial charge in [-0.15, -0.1) is 5.10 Å². The van der Waals surface area contributed by atoms with Crippen LogP contribution in [0.15, 0.2) is 30.5 Å². The number of carbonyl (C=O) groups excluding carboxylic acids is 1. The van der Waals surface area contributed by atoms with Crippen LogP contribution in [0.25, 0.3) is 11.4 Å². The van der Waals surface area contributed by atoms with Gasteiger partial charge in [-0.25, -0.2) is 4.98 Å². The monoisotopic (exact) mass is 334 g/mol. The van der Waals surface area contributed by atoms with E-state index < -0.39 is 0 Å². The Bertz CT molecular complexity index is 814. The molecule has 0 saturated carbocycles. The lowest BCUT2D eigenvalue weighted by molar-refractivity contribution is 0.102. The van der Waals surface area contributed by atoms with Crippen LogP contribution in [-0.2, 0) is 0 Å². The first-order valence-electron chi connectivity index (χ1n) is 6.29. The van der Waals surface area contributed by atoms with E-state index >= 15 is 0 Å². The number of benzene rings is 1. The number of amides is 1. The van der Waals surface area contributed by atoms with E-state index in [2.05, 4.69) is 30.8 Å². The summed E-state index contributed by atoms with van der Waals surface area (Å²) in [5.41, 5.74) is 0.715. The second-order valence-electron chi connectivity index (χ2n) is 4.22. The fraction of sp³-hybridized carbons (Fsp3) is 0.0769. The summed E-state index contributed by atoms with van der Waals surface area (Å²) in [6, 6.07) is 7.25. The predicted octanol–water partition coefficient (Wildman–Crippen LogP) is 2.88. The SMILES string of the molecule is CNc1ncc(C(=O)Nc2n[nH]c(-c3ccccc3Cl)n2)s1. The molecule has 0 atom stereocenters. The fourth-order valence-corrected chi connectivity index (χ4v) is 2.64. The van der Waals surface area contributed by atoms with Crippen LogP contribution in [0.4, 0.5) is 11.1 Å². The van der Waals surface area contributed by atoms with Crippen molar-refractivity contribution in [2.45, 2.75) is 0 Å². The van der Waals surface area contributed by atoms with Gasteiger partial charge < -0.3 is 5.32 Å². The third-order valence-electron chi connectivity index (χ3n) is 2.78. The number of aromatic amines is 1. The molecule has 0 aliphatic heterocycles. The number of nitrogens with one attached hydrogen (secondary N) is 3. The van der Waals surface area contributed by atoms with Gasteiger partial charge in [-0.3, -0.25) is 15.2 Å². The van der Waals surface area contributed by atoms with Crippen molar-refractivity contribution in [3.05, 3.63) is 40.4 Å². The first kappa shape index (κ1) is 14.5. The van der Waals surface area contributed by atoms with Gasteiger partial charge in [0.25, 0.3) is 5.91 Å². The summed E-state index contributed by atoms with van der Waals surface area (Å²) in [6.07, 6.45) is 1.49. The maximum absolute atomic E-state index is 12.1. The molecule has 0 fully saturated rings. The zero-order valence-electron chi connectivity index (χ0n) is 11.4. The molecule has 112 valence electrons. The van der Waals surface area contributed by atoms with Gasteiger partial charge in [0.2, 0.25) is 5.95 Å². The lowest BCUT2D eigenvalue weighted by Gasteiger charge is -1.98. The van der Waals surface area contributed by atoms with Gasteiger partial charge in [-0.2, -0.15) is 4.98 Å². The van der Waals surface area contributed by atoms with E-state index in [1.54, 1.807) is 13.1 Å². The molecule has 7 nitrogen and oxygen atoms in total. The molecule has 2 heterocycles. The molecule has 1 aromatic carbocycles. The van der Waals surface area contributed by atoms with E-state index in [0.29, 0.717) is 26.4 Å². The van der Waals surface area contributed by atoms with Crippen molar-refractivity contribution in [2.75, 3.05) is 17.7 Å². The molecule has 0 saturated heterocycles. The quantitative estimate of drug-likeness (QED) is 0.682. The molecule has 0 radical (unpaired) electrons. The Morgan fingerprint density at radius 3 is 2.91 bits per heavy atom.